The van der Waals surface area contributed by atoms with Crippen LogP contribution >= 0.6 is 11.6 Å². The first-order valence-corrected chi connectivity index (χ1v) is 7.47. The Morgan fingerprint density at radius 1 is 1.13 bits per heavy atom. The van der Waals surface area contributed by atoms with Gasteiger partial charge in [-0.3, -0.25) is 9.59 Å². The third-order valence-corrected chi connectivity index (χ3v) is 4.12. The van der Waals surface area contributed by atoms with Crippen LogP contribution in [0.1, 0.15) is 27.2 Å². The minimum absolute atomic E-state index is 0.134. The van der Waals surface area contributed by atoms with Gasteiger partial charge in [-0.1, -0.05) is 17.7 Å². The van der Waals surface area contributed by atoms with E-state index < -0.39 is 5.97 Å². The fourth-order valence-electron chi connectivity index (χ4n) is 2.79. The third kappa shape index (κ3) is 2.73. The summed E-state index contributed by atoms with van der Waals surface area (Å²) in [6.07, 6.45) is 1.64. The van der Waals surface area contributed by atoms with Crippen LogP contribution in [0.2, 0.25) is 5.02 Å². The highest BCUT2D eigenvalue weighted by molar-refractivity contribution is 6.30. The van der Waals surface area contributed by atoms with Gasteiger partial charge in [-0.25, -0.2) is 0 Å². The number of hydrogen-bond donors (Lipinski definition) is 1. The molecular weight excluding hydrogens is 314 g/mol. The molecule has 0 amide bonds. The Labute approximate surface area is 137 Å². The van der Waals surface area contributed by atoms with Crippen molar-refractivity contribution in [1.82, 2.24) is 4.40 Å². The quantitative estimate of drug-likeness (QED) is 0.742. The van der Waals surface area contributed by atoms with Gasteiger partial charge in [0.1, 0.15) is 0 Å². The average Bonchev–Trinajstić information content (AvgIpc) is 2.80. The number of carboxylic acid groups (broad SMARTS) is 1. The number of halogens is 1. The van der Waals surface area contributed by atoms with Gasteiger partial charge in [0.25, 0.3) is 0 Å². The second-order valence-electron chi connectivity index (χ2n) is 5.31. The number of ketones is 1. The number of carbonyl (C=O) groups excluding carboxylic acids is 1. The van der Waals surface area contributed by atoms with E-state index in [4.69, 9.17) is 16.7 Å². The highest BCUT2D eigenvalue weighted by atomic mass is 35.5. The largest absolute Gasteiger partial charge is 0.481 e. The summed E-state index contributed by atoms with van der Waals surface area (Å²) < 4.78 is 1.77. The molecule has 5 heteroatoms. The number of benzene rings is 1. The molecule has 0 aliphatic carbocycles. The van der Waals surface area contributed by atoms with Crippen LogP contribution in [0.4, 0.5) is 0 Å². The Morgan fingerprint density at radius 3 is 2.48 bits per heavy atom. The van der Waals surface area contributed by atoms with E-state index in [2.05, 4.69) is 0 Å². The van der Waals surface area contributed by atoms with Gasteiger partial charge >= 0.3 is 5.97 Å². The second-order valence-corrected chi connectivity index (χ2v) is 5.75. The molecule has 2 aromatic heterocycles. The fraction of sp³-hybridized carbons (Fsp3) is 0.111. The summed E-state index contributed by atoms with van der Waals surface area (Å²) in [6.45, 7) is 1.79. The number of fused-ring (bicyclic) bond motifs is 1. The minimum atomic E-state index is -0.929. The van der Waals surface area contributed by atoms with E-state index in [0.29, 0.717) is 32.9 Å². The van der Waals surface area contributed by atoms with E-state index in [1.165, 1.54) is 0 Å². The van der Waals surface area contributed by atoms with Gasteiger partial charge in [-0.05, 0) is 48.9 Å². The van der Waals surface area contributed by atoms with E-state index in [9.17, 15) is 9.59 Å². The second kappa shape index (κ2) is 5.89. The number of carbonyl (C=O) groups is 2. The van der Waals surface area contributed by atoms with Crippen molar-refractivity contribution in [2.75, 3.05) is 0 Å². The van der Waals surface area contributed by atoms with Crippen LogP contribution < -0.4 is 0 Å². The van der Waals surface area contributed by atoms with Crippen molar-refractivity contribution in [2.45, 2.75) is 13.3 Å². The first-order valence-electron chi connectivity index (χ1n) is 7.09. The summed E-state index contributed by atoms with van der Waals surface area (Å²) in [5, 5.41) is 9.69. The molecule has 0 atom stereocenters. The van der Waals surface area contributed by atoms with E-state index in [0.717, 1.165) is 0 Å². The molecule has 23 heavy (non-hydrogen) atoms. The van der Waals surface area contributed by atoms with Crippen LogP contribution in [0.15, 0.2) is 48.7 Å². The highest BCUT2D eigenvalue weighted by Gasteiger charge is 2.22. The lowest BCUT2D eigenvalue weighted by molar-refractivity contribution is -0.136. The monoisotopic (exact) mass is 327 g/mol. The number of carboxylic acids is 1. The van der Waals surface area contributed by atoms with Gasteiger partial charge in [-0.15, -0.1) is 0 Å². The van der Waals surface area contributed by atoms with Crippen molar-refractivity contribution < 1.29 is 14.7 Å². The molecule has 3 aromatic rings. The molecule has 4 nitrogen and oxygen atoms in total. The summed E-state index contributed by atoms with van der Waals surface area (Å²) >= 11 is 5.87. The summed E-state index contributed by atoms with van der Waals surface area (Å²) in [7, 11) is 0. The molecule has 116 valence electrons. The van der Waals surface area contributed by atoms with Crippen LogP contribution in [-0.2, 0) is 11.2 Å². The number of aromatic nitrogens is 1. The average molecular weight is 328 g/mol. The molecule has 0 saturated heterocycles. The Bertz CT molecular complexity index is 910. The Balaban J connectivity index is 2.21. The molecule has 0 radical (unpaired) electrons. The first kappa shape index (κ1) is 15.3. The molecule has 1 aromatic carbocycles. The Hall–Kier alpha value is -2.59. The number of nitrogens with zero attached hydrogens (tertiary/aromatic N) is 1. The van der Waals surface area contributed by atoms with Crippen LogP contribution in [0.25, 0.3) is 5.52 Å². The highest BCUT2D eigenvalue weighted by Crippen LogP contribution is 2.26. The molecular formula is C18H14ClNO3. The molecule has 0 aliphatic rings. The lowest BCUT2D eigenvalue weighted by atomic mass is 10.00. The van der Waals surface area contributed by atoms with Crippen molar-refractivity contribution in [2.24, 2.45) is 0 Å². The zero-order chi connectivity index (χ0) is 16.6. The van der Waals surface area contributed by atoms with E-state index in [1.807, 2.05) is 18.2 Å². The van der Waals surface area contributed by atoms with Gasteiger partial charge in [0.2, 0.25) is 0 Å². The van der Waals surface area contributed by atoms with Gasteiger partial charge < -0.3 is 9.51 Å². The maximum atomic E-state index is 12.9. The molecule has 0 unspecified atom stereocenters. The summed E-state index contributed by atoms with van der Waals surface area (Å²) in [5.74, 6) is -1.07. The summed E-state index contributed by atoms with van der Waals surface area (Å²) in [6, 6.07) is 12.1. The normalized spacial score (nSPS) is 10.9. The standard InChI is InChI=1S/C18H14ClNO3/c1-11-15(10-16(21)22)20-9-3-2-4-14(20)17(11)18(23)12-5-7-13(19)8-6-12/h2-9H,10H2,1H3,(H,21,22). The Kier molecular flexibility index (Phi) is 3.92. The molecule has 0 bridgehead atoms. The van der Waals surface area contributed by atoms with E-state index >= 15 is 0 Å². The minimum Gasteiger partial charge on any atom is -0.481 e. The molecule has 1 N–H and O–H groups in total. The van der Waals surface area contributed by atoms with Crippen LogP contribution in [0, 0.1) is 6.92 Å². The van der Waals surface area contributed by atoms with Crippen LogP contribution in [-0.4, -0.2) is 21.3 Å². The van der Waals surface area contributed by atoms with Gasteiger partial charge in [-0.2, -0.15) is 0 Å². The van der Waals surface area contributed by atoms with Gasteiger partial charge in [0, 0.05) is 22.5 Å². The molecule has 0 saturated carbocycles. The van der Waals surface area contributed by atoms with E-state index in [-0.39, 0.29) is 12.2 Å². The van der Waals surface area contributed by atoms with Crippen LogP contribution in [0.3, 0.4) is 0 Å². The predicted molar refractivity (Wildman–Crippen MR) is 88.4 cm³/mol. The molecule has 0 spiro atoms. The molecule has 0 fully saturated rings. The van der Waals surface area contributed by atoms with Crippen molar-refractivity contribution in [3.05, 3.63) is 76.1 Å². The lowest BCUT2D eigenvalue weighted by Gasteiger charge is -2.02. The Morgan fingerprint density at radius 2 is 1.83 bits per heavy atom. The SMILES string of the molecule is Cc1c(C(=O)c2ccc(Cl)cc2)c2ccccn2c1CC(=O)O. The molecule has 3 rings (SSSR count). The molecule has 2 heterocycles. The zero-order valence-corrected chi connectivity index (χ0v) is 13.2. The van der Waals surface area contributed by atoms with Crippen molar-refractivity contribution in [3.8, 4) is 0 Å². The van der Waals surface area contributed by atoms with Crippen molar-refractivity contribution >= 4 is 28.9 Å². The number of hydrogen-bond acceptors (Lipinski definition) is 2. The summed E-state index contributed by atoms with van der Waals surface area (Å²) in [4.78, 5) is 24.0. The zero-order valence-electron chi connectivity index (χ0n) is 12.4. The summed E-state index contributed by atoms with van der Waals surface area (Å²) in [5.41, 5.74) is 3.07. The maximum Gasteiger partial charge on any atom is 0.309 e. The topological polar surface area (TPSA) is 58.8 Å². The third-order valence-electron chi connectivity index (χ3n) is 3.87. The lowest BCUT2D eigenvalue weighted by Crippen LogP contribution is -2.05. The van der Waals surface area contributed by atoms with Crippen molar-refractivity contribution in [3.63, 3.8) is 0 Å². The fourth-order valence-corrected chi connectivity index (χ4v) is 2.92. The van der Waals surface area contributed by atoms with Gasteiger partial charge in [0.15, 0.2) is 5.78 Å². The first-order chi connectivity index (χ1) is 11.0. The number of rotatable bonds is 4. The maximum absolute atomic E-state index is 12.9. The predicted octanol–water partition coefficient (Wildman–Crippen LogP) is 3.76. The number of pyridine rings is 1. The smallest absolute Gasteiger partial charge is 0.309 e. The number of aliphatic carboxylic acids is 1. The van der Waals surface area contributed by atoms with Crippen LogP contribution in [0.5, 0.6) is 0 Å². The van der Waals surface area contributed by atoms with E-state index in [1.54, 1.807) is 41.8 Å². The van der Waals surface area contributed by atoms with Crippen molar-refractivity contribution in [1.29, 1.82) is 0 Å². The van der Waals surface area contributed by atoms with Gasteiger partial charge in [0.05, 0.1) is 17.5 Å². The molecule has 0 aliphatic heterocycles.